The summed E-state index contributed by atoms with van der Waals surface area (Å²) in [7, 11) is -3.07. The van der Waals surface area contributed by atoms with Gasteiger partial charge in [-0.3, -0.25) is 4.79 Å². The Labute approximate surface area is 126 Å². The molecule has 1 aromatic carbocycles. The minimum Gasteiger partial charge on any atom is -0.481 e. The van der Waals surface area contributed by atoms with Gasteiger partial charge in [-0.2, -0.15) is 0 Å². The highest BCUT2D eigenvalue weighted by molar-refractivity contribution is 7.90. The zero-order valence-corrected chi connectivity index (χ0v) is 13.5. The van der Waals surface area contributed by atoms with Gasteiger partial charge in [0.05, 0.1) is 11.2 Å². The van der Waals surface area contributed by atoms with Crippen LogP contribution in [0.15, 0.2) is 24.3 Å². The second-order valence-corrected chi connectivity index (χ2v) is 8.91. The van der Waals surface area contributed by atoms with Gasteiger partial charge in [-0.25, -0.2) is 8.42 Å². The molecule has 1 saturated carbocycles. The van der Waals surface area contributed by atoms with Crippen LogP contribution < -0.4 is 0 Å². The number of hydrogen-bond donors (Lipinski definition) is 1. The third kappa shape index (κ3) is 3.12. The highest BCUT2D eigenvalue weighted by atomic mass is 32.2. The van der Waals surface area contributed by atoms with E-state index in [4.69, 9.17) is 0 Å². The van der Waals surface area contributed by atoms with Crippen LogP contribution in [0.5, 0.6) is 0 Å². The number of carboxylic acid groups (broad SMARTS) is 1. The topological polar surface area (TPSA) is 71.4 Å². The fraction of sp³-hybridized carbons (Fsp3) is 0.562. The van der Waals surface area contributed by atoms with Crippen molar-refractivity contribution in [3.63, 3.8) is 0 Å². The smallest absolute Gasteiger partial charge is 0.314 e. The molecular weight excluding hydrogens is 288 g/mol. The van der Waals surface area contributed by atoms with E-state index in [9.17, 15) is 18.3 Å². The van der Waals surface area contributed by atoms with Gasteiger partial charge >= 0.3 is 5.97 Å². The van der Waals surface area contributed by atoms with E-state index in [0.717, 1.165) is 17.5 Å². The van der Waals surface area contributed by atoms with Gasteiger partial charge < -0.3 is 5.11 Å². The van der Waals surface area contributed by atoms with Crippen molar-refractivity contribution in [2.24, 2.45) is 0 Å². The average Bonchev–Trinajstić information content (AvgIpc) is 2.24. The molecule has 116 valence electrons. The minimum absolute atomic E-state index is 0.0728. The number of hydrogen-bond acceptors (Lipinski definition) is 3. The maximum Gasteiger partial charge on any atom is 0.314 e. The van der Waals surface area contributed by atoms with E-state index in [1.165, 1.54) is 6.26 Å². The lowest BCUT2D eigenvalue weighted by Crippen LogP contribution is -2.42. The zero-order valence-electron chi connectivity index (χ0n) is 12.7. The van der Waals surface area contributed by atoms with Crippen LogP contribution in [0.1, 0.15) is 44.2 Å². The van der Waals surface area contributed by atoms with Crippen molar-refractivity contribution in [1.82, 2.24) is 0 Å². The van der Waals surface area contributed by atoms with Crippen LogP contribution in [0.3, 0.4) is 0 Å². The van der Waals surface area contributed by atoms with Crippen molar-refractivity contribution < 1.29 is 18.3 Å². The minimum atomic E-state index is -3.07. The second kappa shape index (κ2) is 5.13. The molecule has 1 aliphatic carbocycles. The predicted octanol–water partition coefficient (Wildman–Crippen LogP) is 2.52. The van der Waals surface area contributed by atoms with Gasteiger partial charge in [-0.15, -0.1) is 0 Å². The first-order valence-corrected chi connectivity index (χ1v) is 9.15. The molecule has 2 rings (SSSR count). The molecule has 5 heteroatoms. The number of sulfone groups is 1. The molecule has 0 radical (unpaired) electrons. The number of benzene rings is 1. The highest BCUT2D eigenvalue weighted by Crippen LogP contribution is 2.44. The molecule has 1 fully saturated rings. The van der Waals surface area contributed by atoms with Gasteiger partial charge in [0.15, 0.2) is 0 Å². The van der Waals surface area contributed by atoms with Crippen LogP contribution in [0.25, 0.3) is 0 Å². The van der Waals surface area contributed by atoms with Gasteiger partial charge in [0, 0.05) is 11.7 Å². The molecule has 21 heavy (non-hydrogen) atoms. The molecule has 1 aliphatic rings. The summed E-state index contributed by atoms with van der Waals surface area (Å²) in [6.45, 7) is 3.78. The Morgan fingerprint density at radius 3 is 2.10 bits per heavy atom. The zero-order chi connectivity index (χ0) is 15.9. The van der Waals surface area contributed by atoms with Crippen molar-refractivity contribution in [2.75, 3.05) is 12.0 Å². The second-order valence-electron chi connectivity index (χ2n) is 6.77. The summed E-state index contributed by atoms with van der Waals surface area (Å²) < 4.78 is 23.0. The summed E-state index contributed by atoms with van der Waals surface area (Å²) in [5, 5.41) is 9.44. The van der Waals surface area contributed by atoms with E-state index < -0.39 is 26.6 Å². The summed E-state index contributed by atoms with van der Waals surface area (Å²) in [6.07, 6.45) is 3.52. The summed E-state index contributed by atoms with van der Waals surface area (Å²) in [5.41, 5.74) is 0.512. The van der Waals surface area contributed by atoms with E-state index >= 15 is 0 Å². The normalized spacial score (nSPS) is 18.0. The van der Waals surface area contributed by atoms with Crippen molar-refractivity contribution in [3.8, 4) is 0 Å². The van der Waals surface area contributed by atoms with Crippen LogP contribution in [0.2, 0.25) is 0 Å². The third-order valence-electron chi connectivity index (χ3n) is 4.46. The van der Waals surface area contributed by atoms with Crippen molar-refractivity contribution in [3.05, 3.63) is 35.4 Å². The maximum absolute atomic E-state index is 11.5. The largest absolute Gasteiger partial charge is 0.481 e. The van der Waals surface area contributed by atoms with Gasteiger partial charge in [-0.1, -0.05) is 44.5 Å². The molecule has 0 heterocycles. The highest BCUT2D eigenvalue weighted by Gasteiger charge is 2.45. The molecule has 0 aliphatic heterocycles. The van der Waals surface area contributed by atoms with Gasteiger partial charge in [0.25, 0.3) is 0 Å². The first-order valence-electron chi connectivity index (χ1n) is 7.09. The van der Waals surface area contributed by atoms with E-state index in [1.807, 2.05) is 38.1 Å². The fourth-order valence-corrected chi connectivity index (χ4v) is 4.61. The summed E-state index contributed by atoms with van der Waals surface area (Å²) in [6, 6.07) is 7.41. The molecule has 0 atom stereocenters. The Balaban J connectivity index is 2.29. The number of rotatable bonds is 5. The Bertz CT molecular complexity index is 637. The molecule has 0 amide bonds. The summed E-state index contributed by atoms with van der Waals surface area (Å²) >= 11 is 0. The molecule has 0 aromatic heterocycles. The molecule has 4 nitrogen and oxygen atoms in total. The van der Waals surface area contributed by atoms with Crippen molar-refractivity contribution >= 4 is 15.8 Å². The van der Waals surface area contributed by atoms with Gasteiger partial charge in [0.2, 0.25) is 0 Å². The molecule has 0 spiro atoms. The summed E-state index contributed by atoms with van der Waals surface area (Å²) in [5.74, 6) is -0.694. The molecule has 0 bridgehead atoms. The Hall–Kier alpha value is -1.36. The number of carboxylic acids is 1. The molecule has 1 N–H and O–H groups in total. The Morgan fingerprint density at radius 1 is 1.24 bits per heavy atom. The van der Waals surface area contributed by atoms with E-state index in [-0.39, 0.29) is 5.75 Å². The maximum atomic E-state index is 11.5. The molecule has 0 unspecified atom stereocenters. The van der Waals surface area contributed by atoms with Gasteiger partial charge in [0.1, 0.15) is 9.84 Å². The monoisotopic (exact) mass is 310 g/mol. The lowest BCUT2D eigenvalue weighted by atomic mass is 9.64. The van der Waals surface area contributed by atoms with Crippen molar-refractivity contribution in [2.45, 2.75) is 43.9 Å². The first-order chi connectivity index (χ1) is 9.57. The fourth-order valence-electron chi connectivity index (χ4n) is 3.14. The van der Waals surface area contributed by atoms with Crippen LogP contribution in [0.4, 0.5) is 0 Å². The Kier molecular flexibility index (Phi) is 3.91. The van der Waals surface area contributed by atoms with Crippen molar-refractivity contribution in [1.29, 1.82) is 0 Å². The molecule has 1 aromatic rings. The van der Waals surface area contributed by atoms with Crippen LogP contribution >= 0.6 is 0 Å². The quantitative estimate of drug-likeness (QED) is 0.907. The van der Waals surface area contributed by atoms with E-state index in [1.54, 1.807) is 0 Å². The predicted molar refractivity (Wildman–Crippen MR) is 82.3 cm³/mol. The summed E-state index contributed by atoms with van der Waals surface area (Å²) in [4.78, 5) is 11.5. The SMILES string of the molecule is CC(C)(CS(C)(=O)=O)c1ccc(C2(C(=O)O)CCC2)cc1. The van der Waals surface area contributed by atoms with Gasteiger partial charge in [-0.05, 0) is 24.0 Å². The van der Waals surface area contributed by atoms with Crippen LogP contribution in [0, 0.1) is 0 Å². The first kappa shape index (κ1) is 16.0. The lowest BCUT2D eigenvalue weighted by Gasteiger charge is -2.38. The van der Waals surface area contributed by atoms with E-state index in [2.05, 4.69) is 0 Å². The standard InChI is InChI=1S/C16H22O4S/c1-15(2,11-21(3,19)20)12-5-7-13(8-6-12)16(14(17)18)9-4-10-16/h5-8H,4,9-11H2,1-3H3,(H,17,18). The molecule has 0 saturated heterocycles. The molecular formula is C16H22O4S. The number of carbonyl (C=O) groups is 1. The van der Waals surface area contributed by atoms with E-state index in [0.29, 0.717) is 12.8 Å². The average molecular weight is 310 g/mol. The van der Waals surface area contributed by atoms with Crippen LogP contribution in [-0.4, -0.2) is 31.5 Å². The lowest BCUT2D eigenvalue weighted by molar-refractivity contribution is -0.147. The Morgan fingerprint density at radius 2 is 1.76 bits per heavy atom. The number of aliphatic carboxylic acids is 1. The third-order valence-corrected chi connectivity index (χ3v) is 5.70. The van der Waals surface area contributed by atoms with Crippen LogP contribution in [-0.2, 0) is 25.5 Å².